The summed E-state index contributed by atoms with van der Waals surface area (Å²) in [7, 11) is 0. The van der Waals surface area contributed by atoms with Crippen LogP contribution in [0.4, 0.5) is 0 Å². The van der Waals surface area contributed by atoms with Crippen molar-refractivity contribution in [3.05, 3.63) is 28.9 Å². The number of aromatic nitrogens is 2. The summed E-state index contributed by atoms with van der Waals surface area (Å²) in [6.07, 6.45) is 2.74. The number of nitrogens with zero attached hydrogens (tertiary/aromatic N) is 2. The third-order valence-electron chi connectivity index (χ3n) is 1.84. The Balaban J connectivity index is 3.30. The molecule has 0 aliphatic carbocycles. The fourth-order valence-electron chi connectivity index (χ4n) is 0.886. The van der Waals surface area contributed by atoms with Gasteiger partial charge < -0.3 is 5.11 Å². The van der Waals surface area contributed by atoms with Gasteiger partial charge in [-0.05, 0) is 19.9 Å². The summed E-state index contributed by atoms with van der Waals surface area (Å²) in [6, 6.07) is 1.52. The highest BCUT2D eigenvalue weighted by Gasteiger charge is 2.29. The van der Waals surface area contributed by atoms with Crippen LogP contribution < -0.4 is 5.69 Å². The van der Waals surface area contributed by atoms with Gasteiger partial charge in [0.15, 0.2) is 0 Å². The van der Waals surface area contributed by atoms with E-state index in [-0.39, 0.29) is 0 Å². The van der Waals surface area contributed by atoms with Crippen molar-refractivity contribution in [1.82, 2.24) is 9.55 Å². The molecule has 5 nitrogen and oxygen atoms in total. The van der Waals surface area contributed by atoms with Gasteiger partial charge in [-0.2, -0.15) is 0 Å². The third-order valence-corrected chi connectivity index (χ3v) is 1.84. The second kappa shape index (κ2) is 3.01. The molecule has 1 aromatic heterocycles. The summed E-state index contributed by atoms with van der Waals surface area (Å²) >= 11 is 0. The van der Waals surface area contributed by atoms with E-state index in [1.54, 1.807) is 0 Å². The van der Waals surface area contributed by atoms with E-state index in [0.717, 1.165) is 4.57 Å². The monoisotopic (exact) mass is 182 g/mol. The molecular formula is C8H10N2O3. The van der Waals surface area contributed by atoms with Gasteiger partial charge >= 0.3 is 11.7 Å². The molecule has 70 valence electrons. The van der Waals surface area contributed by atoms with E-state index in [1.807, 2.05) is 0 Å². The largest absolute Gasteiger partial charge is 0.480 e. The second-order valence-electron chi connectivity index (χ2n) is 3.14. The molecule has 0 saturated carbocycles. The van der Waals surface area contributed by atoms with E-state index in [0.29, 0.717) is 0 Å². The first-order valence-electron chi connectivity index (χ1n) is 3.74. The van der Waals surface area contributed by atoms with Gasteiger partial charge in [-0.3, -0.25) is 4.57 Å². The zero-order valence-corrected chi connectivity index (χ0v) is 7.39. The average Bonchev–Trinajstić information content (AvgIpc) is 2.04. The maximum atomic E-state index is 11.2. The van der Waals surface area contributed by atoms with Crippen molar-refractivity contribution >= 4 is 5.97 Å². The van der Waals surface area contributed by atoms with Crippen LogP contribution in [0.25, 0.3) is 0 Å². The smallest absolute Gasteiger partial charge is 0.348 e. The molecule has 0 amide bonds. The molecule has 0 spiro atoms. The maximum Gasteiger partial charge on any atom is 0.348 e. The Morgan fingerprint density at radius 3 is 2.69 bits per heavy atom. The number of hydrogen-bond acceptors (Lipinski definition) is 3. The Kier molecular flexibility index (Phi) is 2.18. The minimum atomic E-state index is -1.26. The average molecular weight is 182 g/mol. The number of rotatable bonds is 2. The van der Waals surface area contributed by atoms with Crippen molar-refractivity contribution in [2.24, 2.45) is 0 Å². The van der Waals surface area contributed by atoms with E-state index in [9.17, 15) is 9.59 Å². The van der Waals surface area contributed by atoms with Gasteiger partial charge in [0.2, 0.25) is 0 Å². The first-order valence-corrected chi connectivity index (χ1v) is 3.74. The summed E-state index contributed by atoms with van der Waals surface area (Å²) in [6.45, 7) is 2.89. The van der Waals surface area contributed by atoms with Gasteiger partial charge in [-0.15, -0.1) is 0 Å². The van der Waals surface area contributed by atoms with Gasteiger partial charge in [0.05, 0.1) is 0 Å². The molecule has 0 atom stereocenters. The van der Waals surface area contributed by atoms with Gasteiger partial charge in [-0.1, -0.05) is 0 Å². The highest BCUT2D eigenvalue weighted by Crippen LogP contribution is 2.11. The molecule has 0 bridgehead atoms. The van der Waals surface area contributed by atoms with Gasteiger partial charge in [-0.25, -0.2) is 14.6 Å². The predicted octanol–water partition coefficient (Wildman–Crippen LogP) is 0.0630. The zero-order chi connectivity index (χ0) is 10.1. The number of hydrogen-bond donors (Lipinski definition) is 1. The van der Waals surface area contributed by atoms with Crippen LogP contribution in [0.3, 0.4) is 0 Å². The molecule has 5 heteroatoms. The van der Waals surface area contributed by atoms with Crippen LogP contribution in [0.15, 0.2) is 23.3 Å². The van der Waals surface area contributed by atoms with Crippen molar-refractivity contribution in [3.63, 3.8) is 0 Å². The van der Waals surface area contributed by atoms with E-state index >= 15 is 0 Å². The van der Waals surface area contributed by atoms with Crippen molar-refractivity contribution in [3.8, 4) is 0 Å². The number of carbonyl (C=O) groups is 1. The van der Waals surface area contributed by atoms with Crippen LogP contribution in [-0.4, -0.2) is 20.6 Å². The molecule has 0 fully saturated rings. The maximum absolute atomic E-state index is 11.2. The highest BCUT2D eigenvalue weighted by atomic mass is 16.4. The molecule has 0 aliphatic heterocycles. The summed E-state index contributed by atoms with van der Waals surface area (Å²) < 4.78 is 1.08. The molecule has 0 saturated heterocycles. The van der Waals surface area contributed by atoms with Gasteiger partial charge in [0, 0.05) is 12.4 Å². The lowest BCUT2D eigenvalue weighted by molar-refractivity contribution is -0.145. The summed E-state index contributed by atoms with van der Waals surface area (Å²) in [5.41, 5.74) is -1.82. The first kappa shape index (κ1) is 9.44. The lowest BCUT2D eigenvalue weighted by atomic mass is 10.1. The molecule has 0 aromatic carbocycles. The molecule has 1 N–H and O–H groups in total. The Bertz CT molecular complexity index is 381. The van der Waals surface area contributed by atoms with E-state index in [1.165, 1.54) is 32.3 Å². The Morgan fingerprint density at radius 1 is 1.62 bits per heavy atom. The molecule has 1 aromatic rings. The lowest BCUT2D eigenvalue weighted by Crippen LogP contribution is -2.43. The molecule has 0 aliphatic rings. The van der Waals surface area contributed by atoms with Crippen molar-refractivity contribution in [1.29, 1.82) is 0 Å². The normalized spacial score (nSPS) is 11.2. The summed E-state index contributed by atoms with van der Waals surface area (Å²) in [4.78, 5) is 25.4. The quantitative estimate of drug-likeness (QED) is 0.702. The minimum absolute atomic E-state index is 0.560. The zero-order valence-electron chi connectivity index (χ0n) is 7.39. The predicted molar refractivity (Wildman–Crippen MR) is 45.5 cm³/mol. The summed E-state index contributed by atoms with van der Waals surface area (Å²) in [5.74, 6) is -1.07. The van der Waals surface area contributed by atoms with Crippen LogP contribution in [0.1, 0.15) is 13.8 Å². The molecule has 0 radical (unpaired) electrons. The lowest BCUT2D eigenvalue weighted by Gasteiger charge is -2.21. The molecule has 0 unspecified atom stereocenters. The van der Waals surface area contributed by atoms with Crippen molar-refractivity contribution in [2.45, 2.75) is 19.4 Å². The topological polar surface area (TPSA) is 72.2 Å². The number of carboxylic acids is 1. The number of carboxylic acid groups (broad SMARTS) is 1. The SMILES string of the molecule is CC(C)(C(=O)O)n1cccnc1=O. The van der Waals surface area contributed by atoms with Crippen LogP contribution in [0.2, 0.25) is 0 Å². The van der Waals surface area contributed by atoms with Gasteiger partial charge in [0.25, 0.3) is 0 Å². The Morgan fingerprint density at radius 2 is 2.23 bits per heavy atom. The third kappa shape index (κ3) is 1.58. The van der Waals surface area contributed by atoms with E-state index in [2.05, 4.69) is 4.98 Å². The van der Waals surface area contributed by atoms with Gasteiger partial charge in [0.1, 0.15) is 5.54 Å². The minimum Gasteiger partial charge on any atom is -0.480 e. The molecule has 1 heterocycles. The number of aliphatic carboxylic acids is 1. The first-order chi connectivity index (χ1) is 5.96. The van der Waals surface area contributed by atoms with Crippen molar-refractivity contribution in [2.75, 3.05) is 0 Å². The second-order valence-corrected chi connectivity index (χ2v) is 3.14. The molecular weight excluding hydrogens is 172 g/mol. The fourth-order valence-corrected chi connectivity index (χ4v) is 0.886. The van der Waals surface area contributed by atoms with Crippen LogP contribution in [0, 0.1) is 0 Å². The van der Waals surface area contributed by atoms with E-state index < -0.39 is 17.2 Å². The Hall–Kier alpha value is -1.65. The van der Waals surface area contributed by atoms with Crippen LogP contribution in [-0.2, 0) is 10.3 Å². The molecule has 13 heavy (non-hydrogen) atoms. The fraction of sp³-hybridized carbons (Fsp3) is 0.375. The highest BCUT2D eigenvalue weighted by molar-refractivity contribution is 5.75. The van der Waals surface area contributed by atoms with Crippen LogP contribution in [0.5, 0.6) is 0 Å². The van der Waals surface area contributed by atoms with Crippen LogP contribution >= 0.6 is 0 Å². The Labute approximate surface area is 74.7 Å². The molecule has 1 rings (SSSR count). The summed E-state index contributed by atoms with van der Waals surface area (Å²) in [5, 5.41) is 8.83. The van der Waals surface area contributed by atoms with Crippen molar-refractivity contribution < 1.29 is 9.90 Å². The standard InChI is InChI=1S/C8H10N2O3/c1-8(2,6(11)12)10-5-3-4-9-7(10)13/h3-5H,1-2H3,(H,11,12). The van der Waals surface area contributed by atoms with E-state index in [4.69, 9.17) is 5.11 Å².